The quantitative estimate of drug-likeness (QED) is 0.734. The van der Waals surface area contributed by atoms with Crippen molar-refractivity contribution >= 4 is 24.2 Å². The zero-order valence-electron chi connectivity index (χ0n) is 9.90. The number of benzene rings is 1. The summed E-state index contributed by atoms with van der Waals surface area (Å²) in [5.74, 6) is 0.478. The van der Waals surface area contributed by atoms with Gasteiger partial charge in [0.25, 0.3) is 0 Å². The molecule has 3 aromatic rings. The molecule has 0 unspecified atom stereocenters. The van der Waals surface area contributed by atoms with Crippen LogP contribution in [0.2, 0.25) is 5.02 Å². The molecule has 3 rings (SSSR count). The molecule has 19 heavy (non-hydrogen) atoms. The fourth-order valence-corrected chi connectivity index (χ4v) is 2.22. The first kappa shape index (κ1) is 12.2. The van der Waals surface area contributed by atoms with E-state index in [-0.39, 0.29) is 0 Å². The Balaban J connectivity index is 2.12. The summed E-state index contributed by atoms with van der Waals surface area (Å²) in [7, 11) is 1.70. The van der Waals surface area contributed by atoms with E-state index in [2.05, 4.69) is 33.1 Å². The number of rotatable bonds is 2. The van der Waals surface area contributed by atoms with Crippen molar-refractivity contribution in [3.8, 4) is 17.1 Å². The number of nitrogens with zero attached hydrogens (tertiary/aromatic N) is 6. The molecule has 0 radical (unpaired) electrons. The van der Waals surface area contributed by atoms with Crippen LogP contribution in [0.15, 0.2) is 35.5 Å². The van der Waals surface area contributed by atoms with Gasteiger partial charge in [0.2, 0.25) is 5.82 Å². The maximum atomic E-state index is 6.15. The van der Waals surface area contributed by atoms with E-state index in [0.717, 1.165) is 5.69 Å². The standard InChI is InChI=1S/C11H9ClN6S/c1-17-15-10(14-16-17)7-6-13-18(11(7)19)9-5-3-2-4-8(9)12/h2-6,19H,1H3. The molecule has 0 aliphatic rings. The van der Waals surface area contributed by atoms with Crippen LogP contribution in [0.25, 0.3) is 17.1 Å². The number of hydrogen-bond acceptors (Lipinski definition) is 5. The molecule has 96 valence electrons. The molecular formula is C11H9ClN6S. The lowest BCUT2D eigenvalue weighted by Gasteiger charge is -2.05. The van der Waals surface area contributed by atoms with E-state index in [0.29, 0.717) is 21.4 Å². The van der Waals surface area contributed by atoms with Gasteiger partial charge in [0, 0.05) is 0 Å². The topological polar surface area (TPSA) is 61.4 Å². The number of halogens is 1. The highest BCUT2D eigenvalue weighted by Crippen LogP contribution is 2.28. The summed E-state index contributed by atoms with van der Waals surface area (Å²) in [4.78, 5) is 1.38. The SMILES string of the molecule is Cn1nnc(-c2cnn(-c3ccccc3Cl)c2S)n1. The molecule has 0 saturated carbocycles. The molecule has 2 aromatic heterocycles. The van der Waals surface area contributed by atoms with E-state index in [4.69, 9.17) is 11.6 Å². The van der Waals surface area contributed by atoms with Crippen LogP contribution < -0.4 is 0 Å². The van der Waals surface area contributed by atoms with Gasteiger partial charge in [-0.05, 0) is 17.3 Å². The Kier molecular flexibility index (Phi) is 3.00. The number of para-hydroxylation sites is 1. The average molecular weight is 293 g/mol. The molecule has 0 fully saturated rings. The summed E-state index contributed by atoms with van der Waals surface area (Å²) in [5.41, 5.74) is 1.46. The summed E-state index contributed by atoms with van der Waals surface area (Å²) >= 11 is 10.6. The van der Waals surface area contributed by atoms with Gasteiger partial charge < -0.3 is 0 Å². The molecule has 2 heterocycles. The van der Waals surface area contributed by atoms with E-state index in [9.17, 15) is 0 Å². The third-order valence-electron chi connectivity index (χ3n) is 2.57. The summed E-state index contributed by atoms with van der Waals surface area (Å²) in [6.45, 7) is 0. The highest BCUT2D eigenvalue weighted by Gasteiger charge is 2.15. The number of thiol groups is 1. The Labute approximate surface area is 119 Å². The third kappa shape index (κ3) is 2.11. The second-order valence-electron chi connectivity index (χ2n) is 3.85. The smallest absolute Gasteiger partial charge is 0.209 e. The van der Waals surface area contributed by atoms with Crippen LogP contribution >= 0.6 is 24.2 Å². The molecule has 0 atom stereocenters. The van der Waals surface area contributed by atoms with E-state index < -0.39 is 0 Å². The number of aryl methyl sites for hydroxylation is 1. The minimum absolute atomic E-state index is 0.478. The van der Waals surface area contributed by atoms with Gasteiger partial charge in [0.05, 0.1) is 29.5 Å². The third-order valence-corrected chi connectivity index (χ3v) is 3.32. The van der Waals surface area contributed by atoms with E-state index in [1.807, 2.05) is 18.2 Å². The Morgan fingerprint density at radius 1 is 1.26 bits per heavy atom. The Morgan fingerprint density at radius 3 is 2.74 bits per heavy atom. The van der Waals surface area contributed by atoms with Crippen LogP contribution in [0, 0.1) is 0 Å². The van der Waals surface area contributed by atoms with Gasteiger partial charge in [-0.25, -0.2) is 4.68 Å². The van der Waals surface area contributed by atoms with Crippen molar-refractivity contribution in [1.29, 1.82) is 0 Å². The van der Waals surface area contributed by atoms with Crippen LogP contribution in [0.1, 0.15) is 0 Å². The van der Waals surface area contributed by atoms with Crippen LogP contribution in [0.5, 0.6) is 0 Å². The fraction of sp³-hybridized carbons (Fsp3) is 0.0909. The van der Waals surface area contributed by atoms with Gasteiger partial charge in [-0.1, -0.05) is 23.7 Å². The minimum Gasteiger partial charge on any atom is -0.225 e. The van der Waals surface area contributed by atoms with E-state index in [1.165, 1.54) is 4.80 Å². The van der Waals surface area contributed by atoms with Crippen LogP contribution in [0.3, 0.4) is 0 Å². The van der Waals surface area contributed by atoms with E-state index in [1.54, 1.807) is 24.0 Å². The first-order chi connectivity index (χ1) is 9.16. The van der Waals surface area contributed by atoms with Gasteiger partial charge in [0.15, 0.2) is 0 Å². The minimum atomic E-state index is 0.478. The van der Waals surface area contributed by atoms with Crippen LogP contribution in [0.4, 0.5) is 0 Å². The number of hydrogen-bond donors (Lipinski definition) is 1. The molecule has 8 heteroatoms. The van der Waals surface area contributed by atoms with Crippen molar-refractivity contribution in [2.24, 2.45) is 7.05 Å². The molecule has 1 aromatic carbocycles. The van der Waals surface area contributed by atoms with Gasteiger partial charge in [-0.2, -0.15) is 9.90 Å². The summed E-state index contributed by atoms with van der Waals surface area (Å²) in [5, 5.41) is 17.3. The Hall–Kier alpha value is -1.86. The maximum Gasteiger partial charge on any atom is 0.209 e. The van der Waals surface area contributed by atoms with Crippen molar-refractivity contribution in [2.75, 3.05) is 0 Å². The molecule has 0 spiro atoms. The predicted molar refractivity (Wildman–Crippen MR) is 73.6 cm³/mol. The molecular weight excluding hydrogens is 284 g/mol. The highest BCUT2D eigenvalue weighted by molar-refractivity contribution is 7.80. The van der Waals surface area contributed by atoms with Crippen molar-refractivity contribution in [1.82, 2.24) is 30.0 Å². The predicted octanol–water partition coefficient (Wildman–Crippen LogP) is 2.00. The summed E-state index contributed by atoms with van der Waals surface area (Å²) in [6, 6.07) is 7.41. The first-order valence-corrected chi connectivity index (χ1v) is 6.25. The first-order valence-electron chi connectivity index (χ1n) is 5.43. The zero-order valence-corrected chi connectivity index (χ0v) is 11.5. The normalized spacial score (nSPS) is 10.9. The number of tetrazole rings is 1. The van der Waals surface area contributed by atoms with Crippen molar-refractivity contribution in [3.63, 3.8) is 0 Å². The second-order valence-corrected chi connectivity index (χ2v) is 4.68. The van der Waals surface area contributed by atoms with Crippen LogP contribution in [-0.2, 0) is 7.05 Å². The second kappa shape index (κ2) is 4.67. The lowest BCUT2D eigenvalue weighted by molar-refractivity contribution is 0.630. The Morgan fingerprint density at radius 2 is 2.05 bits per heavy atom. The highest BCUT2D eigenvalue weighted by atomic mass is 35.5. The van der Waals surface area contributed by atoms with Crippen LogP contribution in [-0.4, -0.2) is 30.0 Å². The zero-order chi connectivity index (χ0) is 13.4. The molecule has 0 N–H and O–H groups in total. The monoisotopic (exact) mass is 292 g/mol. The number of aromatic nitrogens is 6. The van der Waals surface area contributed by atoms with Crippen molar-refractivity contribution < 1.29 is 0 Å². The van der Waals surface area contributed by atoms with Crippen molar-refractivity contribution in [3.05, 3.63) is 35.5 Å². The summed E-state index contributed by atoms with van der Waals surface area (Å²) in [6.07, 6.45) is 1.64. The molecule has 0 aliphatic heterocycles. The maximum absolute atomic E-state index is 6.15. The lowest BCUT2D eigenvalue weighted by atomic mass is 10.3. The van der Waals surface area contributed by atoms with Gasteiger partial charge in [-0.3, -0.25) is 0 Å². The molecule has 0 bridgehead atoms. The largest absolute Gasteiger partial charge is 0.225 e. The van der Waals surface area contributed by atoms with Gasteiger partial charge >= 0.3 is 0 Å². The molecule has 0 aliphatic carbocycles. The molecule has 0 saturated heterocycles. The summed E-state index contributed by atoms with van der Waals surface area (Å²) < 4.78 is 1.64. The average Bonchev–Trinajstić information content (AvgIpc) is 2.97. The van der Waals surface area contributed by atoms with Crippen molar-refractivity contribution in [2.45, 2.75) is 5.03 Å². The van der Waals surface area contributed by atoms with Gasteiger partial charge in [-0.15, -0.1) is 22.8 Å². The van der Waals surface area contributed by atoms with E-state index >= 15 is 0 Å². The molecule has 6 nitrogen and oxygen atoms in total. The molecule has 0 amide bonds. The van der Waals surface area contributed by atoms with Gasteiger partial charge in [0.1, 0.15) is 5.03 Å². The fourth-order valence-electron chi connectivity index (χ4n) is 1.69. The Bertz CT molecular complexity index is 734. The lowest BCUT2D eigenvalue weighted by Crippen LogP contribution is -1.97.